The molecule has 0 aliphatic carbocycles. The van der Waals surface area contributed by atoms with E-state index >= 15 is 0 Å². The summed E-state index contributed by atoms with van der Waals surface area (Å²) in [7, 11) is 0. The average molecular weight is 520 g/mol. The minimum Gasteiger partial charge on any atom is -0.289 e. The summed E-state index contributed by atoms with van der Waals surface area (Å²) in [6.07, 6.45) is 0. The highest BCUT2D eigenvalue weighted by Gasteiger charge is 2.38. The second-order valence-electron chi connectivity index (χ2n) is 8.41. The zero-order valence-corrected chi connectivity index (χ0v) is 20.7. The van der Waals surface area contributed by atoms with Gasteiger partial charge in [0.2, 0.25) is 0 Å². The number of carbonyl (C=O) groups is 3. The summed E-state index contributed by atoms with van der Waals surface area (Å²) in [5, 5.41) is 11.9. The van der Waals surface area contributed by atoms with Crippen LogP contribution in [0.3, 0.4) is 0 Å². The van der Waals surface area contributed by atoms with Crippen molar-refractivity contribution in [3.05, 3.63) is 103 Å². The number of carbonyl (C=O) groups excluding carboxylic acids is 3. The van der Waals surface area contributed by atoms with Crippen molar-refractivity contribution < 1.29 is 19.3 Å². The van der Waals surface area contributed by atoms with Gasteiger partial charge in [-0.2, -0.15) is 0 Å². The molecule has 0 N–H and O–H groups in total. The first kappa shape index (κ1) is 23.7. The van der Waals surface area contributed by atoms with Gasteiger partial charge in [0.1, 0.15) is 11.5 Å². The normalized spacial score (nSPS) is 12.8. The molecule has 8 nitrogen and oxygen atoms in total. The second-order valence-corrected chi connectivity index (χ2v) is 9.84. The van der Waals surface area contributed by atoms with Crippen LogP contribution in [-0.4, -0.2) is 34.2 Å². The summed E-state index contributed by atoms with van der Waals surface area (Å²) in [6.45, 7) is 3.51. The Bertz CT molecular complexity index is 1580. The van der Waals surface area contributed by atoms with Crippen molar-refractivity contribution in [1.29, 1.82) is 0 Å². The van der Waals surface area contributed by atoms with E-state index in [9.17, 15) is 24.5 Å². The number of halogens is 1. The van der Waals surface area contributed by atoms with Gasteiger partial charge in [0.05, 0.1) is 21.1 Å². The minimum absolute atomic E-state index is 0.114. The van der Waals surface area contributed by atoms with Gasteiger partial charge in [0.25, 0.3) is 23.4 Å². The summed E-state index contributed by atoms with van der Waals surface area (Å²) in [5.41, 5.74) is 2.87. The maximum atomic E-state index is 13.9. The largest absolute Gasteiger partial charge is 0.289 e. The third-order valence-electron chi connectivity index (χ3n) is 6.23. The summed E-state index contributed by atoms with van der Waals surface area (Å²) in [6, 6.07) is 16.1. The number of imide groups is 1. The number of fused-ring (bicyclic) bond motifs is 2. The third-order valence-corrected chi connectivity index (χ3v) is 7.87. The summed E-state index contributed by atoms with van der Waals surface area (Å²) in [5.74, 6) is -1.51. The summed E-state index contributed by atoms with van der Waals surface area (Å²) in [4.78, 5) is 53.2. The van der Waals surface area contributed by atoms with Gasteiger partial charge < -0.3 is 0 Å². The van der Waals surface area contributed by atoms with Crippen molar-refractivity contribution in [3.63, 3.8) is 0 Å². The number of hydrogen-bond acceptors (Lipinski definition) is 6. The van der Waals surface area contributed by atoms with Gasteiger partial charge in [-0.15, -0.1) is 11.3 Å². The molecule has 0 atom stereocenters. The number of amides is 3. The van der Waals surface area contributed by atoms with E-state index in [0.717, 1.165) is 27.4 Å². The predicted molar refractivity (Wildman–Crippen MR) is 138 cm³/mol. The van der Waals surface area contributed by atoms with Crippen LogP contribution >= 0.6 is 22.9 Å². The van der Waals surface area contributed by atoms with E-state index in [-0.39, 0.29) is 33.4 Å². The minimum atomic E-state index is -0.524. The van der Waals surface area contributed by atoms with Crippen molar-refractivity contribution in [2.45, 2.75) is 13.8 Å². The monoisotopic (exact) mass is 519 g/mol. The maximum Gasteiger partial charge on any atom is 0.271 e. The van der Waals surface area contributed by atoms with E-state index in [4.69, 9.17) is 11.6 Å². The van der Waals surface area contributed by atoms with Crippen LogP contribution in [0, 0.1) is 24.0 Å². The molecule has 0 bridgehead atoms. The Morgan fingerprint density at radius 2 is 1.67 bits per heavy atom. The number of rotatable bonds is 5. The Kier molecular flexibility index (Phi) is 5.82. The van der Waals surface area contributed by atoms with E-state index in [1.807, 2.05) is 19.9 Å². The highest BCUT2D eigenvalue weighted by atomic mass is 35.5. The van der Waals surface area contributed by atoms with Crippen molar-refractivity contribution in [2.24, 2.45) is 0 Å². The van der Waals surface area contributed by atoms with Gasteiger partial charge in [-0.25, -0.2) is 0 Å². The molecule has 0 spiro atoms. The first-order valence-corrected chi connectivity index (χ1v) is 12.1. The molecule has 0 fully saturated rings. The zero-order valence-electron chi connectivity index (χ0n) is 19.1. The first-order valence-electron chi connectivity index (χ1n) is 10.9. The highest BCUT2D eigenvalue weighted by Crippen LogP contribution is 2.39. The fourth-order valence-corrected chi connectivity index (χ4v) is 5.59. The molecule has 5 rings (SSSR count). The molecule has 2 heterocycles. The van der Waals surface area contributed by atoms with Gasteiger partial charge in [-0.1, -0.05) is 29.8 Å². The van der Waals surface area contributed by atoms with Gasteiger partial charge in [-0.3, -0.25) is 34.3 Å². The van der Waals surface area contributed by atoms with Crippen LogP contribution in [0.15, 0.2) is 60.7 Å². The number of nitro groups is 1. The molecule has 36 heavy (non-hydrogen) atoms. The number of thiophene rings is 1. The van der Waals surface area contributed by atoms with E-state index in [2.05, 4.69) is 0 Å². The summed E-state index contributed by atoms with van der Waals surface area (Å²) >= 11 is 7.59. The van der Waals surface area contributed by atoms with Gasteiger partial charge >= 0.3 is 0 Å². The lowest BCUT2D eigenvalue weighted by Gasteiger charge is -2.27. The Balaban J connectivity index is 1.59. The fraction of sp³-hybridized carbons (Fsp3) is 0.115. The quantitative estimate of drug-likeness (QED) is 0.183. The first-order chi connectivity index (χ1) is 17.2. The molecular formula is C26H18ClN3O5S. The zero-order chi connectivity index (χ0) is 25.7. The van der Waals surface area contributed by atoms with E-state index in [1.165, 1.54) is 23.1 Å². The second kappa shape index (κ2) is 8.85. The molecule has 0 unspecified atom stereocenters. The average Bonchev–Trinajstić information content (AvgIpc) is 3.32. The molecule has 0 saturated carbocycles. The Morgan fingerprint density at radius 1 is 1.00 bits per heavy atom. The smallest absolute Gasteiger partial charge is 0.271 e. The van der Waals surface area contributed by atoms with Crippen LogP contribution in [0.2, 0.25) is 5.02 Å². The number of aryl methyl sites for hydroxylation is 2. The van der Waals surface area contributed by atoms with Crippen molar-refractivity contribution in [1.82, 2.24) is 4.90 Å². The molecule has 0 saturated heterocycles. The Labute approximate surface area is 214 Å². The van der Waals surface area contributed by atoms with Crippen LogP contribution < -0.4 is 4.90 Å². The SMILES string of the molecule is Cc1ccc(N(CN2C(=O)c3ccccc3C2=O)C(=O)c2sc3cc([N+](=O)[O-])ccc3c2Cl)cc1C. The van der Waals surface area contributed by atoms with Crippen molar-refractivity contribution >= 4 is 62.1 Å². The predicted octanol–water partition coefficient (Wildman–Crippen LogP) is 5.98. The van der Waals surface area contributed by atoms with E-state index in [1.54, 1.807) is 36.4 Å². The Hall–Kier alpha value is -4.08. The Morgan fingerprint density at radius 3 is 2.28 bits per heavy atom. The molecule has 4 aromatic rings. The van der Waals surface area contributed by atoms with E-state index in [0.29, 0.717) is 15.8 Å². The molecule has 3 amide bonds. The highest BCUT2D eigenvalue weighted by molar-refractivity contribution is 7.21. The lowest BCUT2D eigenvalue weighted by molar-refractivity contribution is -0.384. The van der Waals surface area contributed by atoms with Gasteiger partial charge in [-0.05, 0) is 55.3 Å². The number of nitrogens with zero attached hydrogens (tertiary/aromatic N) is 3. The molecule has 0 radical (unpaired) electrons. The fourth-order valence-electron chi connectivity index (χ4n) is 4.09. The van der Waals surface area contributed by atoms with Crippen LogP contribution in [0.1, 0.15) is 41.5 Å². The lowest BCUT2D eigenvalue weighted by Crippen LogP contribution is -2.44. The lowest BCUT2D eigenvalue weighted by atomic mass is 10.1. The van der Waals surface area contributed by atoms with Crippen molar-refractivity contribution in [3.8, 4) is 0 Å². The van der Waals surface area contributed by atoms with E-state index < -0.39 is 22.6 Å². The number of non-ortho nitro benzene ring substituents is 1. The number of benzene rings is 3. The van der Waals surface area contributed by atoms with Gasteiger partial charge in [0.15, 0.2) is 0 Å². The third kappa shape index (κ3) is 3.82. The van der Waals surface area contributed by atoms with Crippen LogP contribution in [0.25, 0.3) is 10.1 Å². The van der Waals surface area contributed by atoms with Crippen LogP contribution in [-0.2, 0) is 0 Å². The maximum absolute atomic E-state index is 13.9. The van der Waals surface area contributed by atoms with Crippen molar-refractivity contribution in [2.75, 3.05) is 11.6 Å². The number of nitro benzene ring substituents is 1. The van der Waals surface area contributed by atoms with Crippen LogP contribution in [0.5, 0.6) is 0 Å². The molecular weight excluding hydrogens is 502 g/mol. The molecule has 1 aromatic heterocycles. The van der Waals surface area contributed by atoms with Crippen LogP contribution in [0.4, 0.5) is 11.4 Å². The molecule has 1 aliphatic heterocycles. The standard InChI is InChI=1S/C26H18ClN3O5S/c1-14-7-8-16(11-15(14)2)28(13-29-24(31)18-5-3-4-6-19(18)25(29)32)26(33)23-22(27)20-10-9-17(30(34)35)12-21(20)36-23/h3-12H,13H2,1-2H3. The molecule has 10 heteroatoms. The molecule has 1 aliphatic rings. The molecule has 3 aromatic carbocycles. The number of hydrogen-bond donors (Lipinski definition) is 0. The molecule has 180 valence electrons. The number of anilines is 1. The topological polar surface area (TPSA) is 101 Å². The van der Waals surface area contributed by atoms with Gasteiger partial charge in [0, 0.05) is 27.9 Å². The summed E-state index contributed by atoms with van der Waals surface area (Å²) < 4.78 is 0.485.